The smallest absolute Gasteiger partial charge is 0.119 e. The predicted octanol–water partition coefficient (Wildman–Crippen LogP) is 3.98. The highest BCUT2D eigenvalue weighted by Gasteiger charge is 2.19. The standard InChI is InChI=1S/C19H16O3/c20-15-9-5-13(6-10-15)19(14-7-11-16(21)12-8-14)17-3-1-2-4-18(17)22/h1-12,19-22H. The van der Waals surface area contributed by atoms with E-state index in [1.54, 1.807) is 36.4 Å². The summed E-state index contributed by atoms with van der Waals surface area (Å²) in [6.45, 7) is 0. The minimum Gasteiger partial charge on any atom is -0.508 e. The molecule has 3 nitrogen and oxygen atoms in total. The molecule has 3 aromatic rings. The van der Waals surface area contributed by atoms with Crippen molar-refractivity contribution in [2.75, 3.05) is 0 Å². The van der Waals surface area contributed by atoms with Gasteiger partial charge in [-0.2, -0.15) is 0 Å². The molecule has 0 unspecified atom stereocenters. The molecule has 22 heavy (non-hydrogen) atoms. The molecule has 0 amide bonds. The monoisotopic (exact) mass is 292 g/mol. The van der Waals surface area contributed by atoms with Gasteiger partial charge in [0.2, 0.25) is 0 Å². The molecule has 0 aromatic heterocycles. The Hall–Kier alpha value is -2.94. The Kier molecular flexibility index (Phi) is 3.71. The molecule has 0 saturated carbocycles. The van der Waals surface area contributed by atoms with E-state index in [9.17, 15) is 15.3 Å². The molecule has 0 saturated heterocycles. The molecule has 0 radical (unpaired) electrons. The fraction of sp³-hybridized carbons (Fsp3) is 0.0526. The van der Waals surface area contributed by atoms with Gasteiger partial charge in [0.15, 0.2) is 0 Å². The van der Waals surface area contributed by atoms with Crippen LogP contribution in [-0.2, 0) is 0 Å². The van der Waals surface area contributed by atoms with Gasteiger partial charge in [-0.25, -0.2) is 0 Å². The number of hydrogen-bond acceptors (Lipinski definition) is 3. The van der Waals surface area contributed by atoms with Crippen LogP contribution in [0, 0.1) is 0 Å². The first kappa shape index (κ1) is 14.0. The number of phenolic OH excluding ortho intramolecular Hbond substituents is 3. The number of phenols is 3. The van der Waals surface area contributed by atoms with Crippen molar-refractivity contribution in [1.29, 1.82) is 0 Å². The first-order valence-corrected chi connectivity index (χ1v) is 7.01. The summed E-state index contributed by atoms with van der Waals surface area (Å²) in [6, 6.07) is 21.0. The summed E-state index contributed by atoms with van der Waals surface area (Å²) in [7, 11) is 0. The maximum absolute atomic E-state index is 10.2. The number of aromatic hydroxyl groups is 3. The molecule has 3 N–H and O–H groups in total. The molecule has 0 aliphatic rings. The molecule has 0 aliphatic carbocycles. The van der Waals surface area contributed by atoms with Crippen molar-refractivity contribution in [2.45, 2.75) is 5.92 Å². The van der Waals surface area contributed by atoms with Gasteiger partial charge < -0.3 is 15.3 Å². The Morgan fingerprint density at radius 1 is 0.545 bits per heavy atom. The number of benzene rings is 3. The van der Waals surface area contributed by atoms with Crippen molar-refractivity contribution in [3.63, 3.8) is 0 Å². The van der Waals surface area contributed by atoms with E-state index in [4.69, 9.17) is 0 Å². The second kappa shape index (κ2) is 5.82. The van der Waals surface area contributed by atoms with Gasteiger partial charge in [0.1, 0.15) is 17.2 Å². The maximum atomic E-state index is 10.2. The summed E-state index contributed by atoms with van der Waals surface area (Å²) in [6.07, 6.45) is 0. The number of rotatable bonds is 3. The maximum Gasteiger partial charge on any atom is 0.119 e. The molecule has 0 bridgehead atoms. The predicted molar refractivity (Wildman–Crippen MR) is 85.3 cm³/mol. The largest absolute Gasteiger partial charge is 0.508 e. The zero-order valence-electron chi connectivity index (χ0n) is 11.8. The van der Waals surface area contributed by atoms with Crippen LogP contribution in [0.15, 0.2) is 72.8 Å². The van der Waals surface area contributed by atoms with Gasteiger partial charge >= 0.3 is 0 Å². The Morgan fingerprint density at radius 2 is 1.00 bits per heavy atom. The van der Waals surface area contributed by atoms with Crippen molar-refractivity contribution in [3.05, 3.63) is 89.5 Å². The van der Waals surface area contributed by atoms with Gasteiger partial charge in [-0.05, 0) is 41.5 Å². The summed E-state index contributed by atoms with van der Waals surface area (Å²) in [5, 5.41) is 29.2. The lowest BCUT2D eigenvalue weighted by Crippen LogP contribution is -2.03. The molecule has 0 atom stereocenters. The van der Waals surface area contributed by atoms with E-state index >= 15 is 0 Å². The molecule has 3 rings (SSSR count). The highest BCUT2D eigenvalue weighted by molar-refractivity contribution is 5.49. The summed E-state index contributed by atoms with van der Waals surface area (Å²) in [4.78, 5) is 0. The molecule has 3 heteroatoms. The average Bonchev–Trinajstić information content (AvgIpc) is 2.53. The Balaban J connectivity index is 2.16. The van der Waals surface area contributed by atoms with E-state index in [0.717, 1.165) is 16.7 Å². The highest BCUT2D eigenvalue weighted by atomic mass is 16.3. The molecule has 0 fully saturated rings. The number of para-hydroxylation sites is 1. The molecular formula is C19H16O3. The lowest BCUT2D eigenvalue weighted by Gasteiger charge is -2.20. The van der Waals surface area contributed by atoms with Gasteiger partial charge in [-0.15, -0.1) is 0 Å². The van der Waals surface area contributed by atoms with Crippen molar-refractivity contribution in [3.8, 4) is 17.2 Å². The minimum absolute atomic E-state index is 0.178. The van der Waals surface area contributed by atoms with E-state index in [0.29, 0.717) is 0 Å². The third-order valence-electron chi connectivity index (χ3n) is 3.70. The second-order valence-electron chi connectivity index (χ2n) is 5.17. The number of hydrogen-bond donors (Lipinski definition) is 3. The van der Waals surface area contributed by atoms with E-state index in [1.165, 1.54) is 0 Å². The van der Waals surface area contributed by atoms with Crippen LogP contribution >= 0.6 is 0 Å². The van der Waals surface area contributed by atoms with E-state index in [-0.39, 0.29) is 23.2 Å². The Morgan fingerprint density at radius 3 is 1.45 bits per heavy atom. The summed E-state index contributed by atoms with van der Waals surface area (Å²) in [5.74, 6) is 0.437. The van der Waals surface area contributed by atoms with Crippen LogP contribution in [0.3, 0.4) is 0 Å². The van der Waals surface area contributed by atoms with Gasteiger partial charge in [0, 0.05) is 11.5 Å². The lowest BCUT2D eigenvalue weighted by molar-refractivity contribution is 0.467. The molecule has 0 spiro atoms. The van der Waals surface area contributed by atoms with Crippen molar-refractivity contribution in [2.24, 2.45) is 0 Å². The molecule has 0 aliphatic heterocycles. The summed E-state index contributed by atoms with van der Waals surface area (Å²) < 4.78 is 0. The third kappa shape index (κ3) is 2.74. The zero-order chi connectivity index (χ0) is 15.5. The van der Waals surface area contributed by atoms with Crippen molar-refractivity contribution < 1.29 is 15.3 Å². The Labute approximate surface area is 128 Å². The highest BCUT2D eigenvalue weighted by Crippen LogP contribution is 2.37. The first-order valence-electron chi connectivity index (χ1n) is 7.01. The van der Waals surface area contributed by atoms with Crippen LogP contribution in [0.4, 0.5) is 0 Å². The first-order chi connectivity index (χ1) is 10.6. The lowest BCUT2D eigenvalue weighted by atomic mass is 9.84. The SMILES string of the molecule is Oc1ccc(C(c2ccc(O)cc2)c2ccccc2O)cc1. The second-order valence-corrected chi connectivity index (χ2v) is 5.17. The van der Waals surface area contributed by atoms with Crippen molar-refractivity contribution >= 4 is 0 Å². The quantitative estimate of drug-likeness (QED) is 0.640. The van der Waals surface area contributed by atoms with Crippen LogP contribution < -0.4 is 0 Å². The molecular weight excluding hydrogens is 276 g/mol. The fourth-order valence-electron chi connectivity index (χ4n) is 2.62. The van der Waals surface area contributed by atoms with E-state index in [2.05, 4.69) is 0 Å². The van der Waals surface area contributed by atoms with Gasteiger partial charge in [-0.3, -0.25) is 0 Å². The summed E-state index contributed by atoms with van der Waals surface area (Å²) in [5.41, 5.74) is 2.67. The topological polar surface area (TPSA) is 60.7 Å². The van der Waals surface area contributed by atoms with E-state index < -0.39 is 0 Å². The minimum atomic E-state index is -0.178. The van der Waals surface area contributed by atoms with Crippen LogP contribution in [0.1, 0.15) is 22.6 Å². The van der Waals surface area contributed by atoms with Crippen LogP contribution in [0.2, 0.25) is 0 Å². The Bertz CT molecular complexity index is 716. The van der Waals surface area contributed by atoms with Gasteiger partial charge in [0.25, 0.3) is 0 Å². The van der Waals surface area contributed by atoms with E-state index in [1.807, 2.05) is 36.4 Å². The molecule has 3 aromatic carbocycles. The van der Waals surface area contributed by atoms with Crippen LogP contribution in [0.5, 0.6) is 17.2 Å². The van der Waals surface area contributed by atoms with Crippen LogP contribution in [-0.4, -0.2) is 15.3 Å². The molecule has 0 heterocycles. The van der Waals surface area contributed by atoms with Gasteiger partial charge in [-0.1, -0.05) is 42.5 Å². The molecule has 110 valence electrons. The van der Waals surface area contributed by atoms with Gasteiger partial charge in [0.05, 0.1) is 0 Å². The average molecular weight is 292 g/mol. The third-order valence-corrected chi connectivity index (χ3v) is 3.70. The van der Waals surface area contributed by atoms with Crippen LogP contribution in [0.25, 0.3) is 0 Å². The zero-order valence-corrected chi connectivity index (χ0v) is 11.8. The fourth-order valence-corrected chi connectivity index (χ4v) is 2.62. The summed E-state index contributed by atoms with van der Waals surface area (Å²) >= 11 is 0. The van der Waals surface area contributed by atoms with Crippen molar-refractivity contribution in [1.82, 2.24) is 0 Å². The normalized spacial score (nSPS) is 10.8.